The Hall–Kier alpha value is -2.63. The number of ketones is 1. The normalized spacial score (nSPS) is 11.1. The maximum Gasteiger partial charge on any atom is 0.213 e. The van der Waals surface area contributed by atoms with E-state index in [0.29, 0.717) is 18.7 Å². The summed E-state index contributed by atoms with van der Waals surface area (Å²) in [4.78, 5) is 16.7. The van der Waals surface area contributed by atoms with E-state index in [9.17, 15) is 4.79 Å². The third kappa shape index (κ3) is 3.68. The molecule has 4 nitrogen and oxygen atoms in total. The number of hydrogen-bond donors (Lipinski definition) is 0. The van der Waals surface area contributed by atoms with Crippen molar-refractivity contribution in [3.63, 3.8) is 0 Å². The van der Waals surface area contributed by atoms with Gasteiger partial charge in [-0.1, -0.05) is 17.7 Å². The SMILES string of the molecule is COc1cc(-c2ccc3oc(CCC(C)=O)c(-c4ccc(Cl)s4)c3c2)ccn1. The first-order valence-corrected chi connectivity index (χ1v) is 10.1. The highest BCUT2D eigenvalue weighted by atomic mass is 35.5. The molecule has 0 bridgehead atoms. The average Bonchev–Trinajstić information content (AvgIpc) is 3.28. The Labute approximate surface area is 171 Å². The van der Waals surface area contributed by atoms with Crippen molar-refractivity contribution in [2.45, 2.75) is 19.8 Å². The van der Waals surface area contributed by atoms with Crippen molar-refractivity contribution in [3.8, 4) is 27.4 Å². The second kappa shape index (κ2) is 7.78. The van der Waals surface area contributed by atoms with Gasteiger partial charge in [0.2, 0.25) is 5.88 Å². The van der Waals surface area contributed by atoms with E-state index in [1.54, 1.807) is 20.2 Å². The number of methoxy groups -OCH3 is 1. The molecule has 6 heteroatoms. The van der Waals surface area contributed by atoms with Crippen LogP contribution < -0.4 is 4.74 Å². The highest BCUT2D eigenvalue weighted by Gasteiger charge is 2.19. The summed E-state index contributed by atoms with van der Waals surface area (Å²) in [5.41, 5.74) is 3.85. The zero-order valence-electron chi connectivity index (χ0n) is 15.5. The Balaban J connectivity index is 1.88. The molecule has 0 aliphatic rings. The number of carbonyl (C=O) groups is 1. The number of carbonyl (C=O) groups excluding carboxylic acids is 1. The van der Waals surface area contributed by atoms with E-state index in [1.165, 1.54) is 11.3 Å². The standard InChI is InChI=1S/C22H18ClNO3S/c1-13(25)3-5-18-22(19-7-8-20(23)28-19)16-11-14(4-6-17(16)27-18)15-9-10-24-21(12-15)26-2/h4,6-12H,3,5H2,1-2H3. The number of thiophene rings is 1. The fraction of sp³-hybridized carbons (Fsp3) is 0.182. The molecule has 0 saturated carbocycles. The highest BCUT2D eigenvalue weighted by molar-refractivity contribution is 7.19. The number of pyridine rings is 1. The first kappa shape index (κ1) is 18.7. The molecule has 0 N–H and O–H groups in total. The van der Waals surface area contributed by atoms with Crippen molar-refractivity contribution in [1.82, 2.24) is 4.98 Å². The van der Waals surface area contributed by atoms with Crippen LogP contribution >= 0.6 is 22.9 Å². The number of rotatable bonds is 6. The molecule has 3 heterocycles. The number of halogens is 1. The number of furan rings is 1. The van der Waals surface area contributed by atoms with E-state index < -0.39 is 0 Å². The minimum atomic E-state index is 0.139. The molecule has 4 rings (SSSR count). The summed E-state index contributed by atoms with van der Waals surface area (Å²) in [6, 6.07) is 13.8. The van der Waals surface area contributed by atoms with Crippen molar-refractivity contribution in [3.05, 3.63) is 58.8 Å². The summed E-state index contributed by atoms with van der Waals surface area (Å²) in [6.07, 6.45) is 2.74. The maximum atomic E-state index is 11.5. The average molecular weight is 412 g/mol. The van der Waals surface area contributed by atoms with E-state index in [4.69, 9.17) is 20.8 Å². The van der Waals surface area contributed by atoms with Gasteiger partial charge in [-0.3, -0.25) is 0 Å². The summed E-state index contributed by atoms with van der Waals surface area (Å²) < 4.78 is 12.1. The molecule has 0 fully saturated rings. The Bertz CT molecular complexity index is 1160. The van der Waals surface area contributed by atoms with Gasteiger partial charge in [-0.15, -0.1) is 11.3 Å². The molecule has 1 aromatic carbocycles. The van der Waals surface area contributed by atoms with Crippen LogP contribution in [0.1, 0.15) is 19.1 Å². The summed E-state index contributed by atoms with van der Waals surface area (Å²) in [5.74, 6) is 1.52. The minimum Gasteiger partial charge on any atom is -0.481 e. The molecule has 142 valence electrons. The Morgan fingerprint density at radius 3 is 2.71 bits per heavy atom. The van der Waals surface area contributed by atoms with Crippen LogP contribution in [0.4, 0.5) is 0 Å². The number of aryl methyl sites for hydroxylation is 1. The zero-order valence-corrected chi connectivity index (χ0v) is 17.1. The quantitative estimate of drug-likeness (QED) is 0.368. The maximum absolute atomic E-state index is 11.5. The number of benzene rings is 1. The van der Waals surface area contributed by atoms with E-state index in [2.05, 4.69) is 11.1 Å². The van der Waals surface area contributed by atoms with Crippen LogP contribution in [0.2, 0.25) is 4.34 Å². The lowest BCUT2D eigenvalue weighted by Crippen LogP contribution is -1.93. The number of fused-ring (bicyclic) bond motifs is 1. The van der Waals surface area contributed by atoms with Crippen LogP contribution in [0.15, 0.2) is 53.1 Å². The van der Waals surface area contributed by atoms with Crippen molar-refractivity contribution in [2.75, 3.05) is 7.11 Å². The Morgan fingerprint density at radius 2 is 2.00 bits per heavy atom. The van der Waals surface area contributed by atoms with Gasteiger partial charge in [0.05, 0.1) is 11.4 Å². The lowest BCUT2D eigenvalue weighted by atomic mass is 10.0. The van der Waals surface area contributed by atoms with Crippen molar-refractivity contribution in [2.24, 2.45) is 0 Å². The monoisotopic (exact) mass is 411 g/mol. The summed E-state index contributed by atoms with van der Waals surface area (Å²) >= 11 is 7.69. The number of nitrogens with zero attached hydrogens (tertiary/aromatic N) is 1. The largest absolute Gasteiger partial charge is 0.481 e. The van der Waals surface area contributed by atoms with E-state index in [0.717, 1.165) is 42.6 Å². The number of ether oxygens (including phenoxy) is 1. The zero-order chi connectivity index (χ0) is 19.7. The van der Waals surface area contributed by atoms with Crippen molar-refractivity contribution < 1.29 is 13.9 Å². The van der Waals surface area contributed by atoms with Gasteiger partial charge in [-0.05, 0) is 48.4 Å². The molecule has 0 amide bonds. The second-order valence-corrected chi connectivity index (χ2v) is 8.22. The molecule has 0 atom stereocenters. The van der Waals surface area contributed by atoms with Gasteiger partial charge in [-0.2, -0.15) is 0 Å². The number of Topliss-reactive ketones (excluding diaryl/α,β-unsaturated/α-hetero) is 1. The van der Waals surface area contributed by atoms with Gasteiger partial charge in [-0.25, -0.2) is 4.98 Å². The van der Waals surface area contributed by atoms with Crippen LogP contribution in [0.5, 0.6) is 5.88 Å². The molecular formula is C22H18ClNO3S. The fourth-order valence-corrected chi connectivity index (χ4v) is 4.33. The molecule has 0 unspecified atom stereocenters. The van der Waals surface area contributed by atoms with Gasteiger partial charge >= 0.3 is 0 Å². The molecule has 3 aromatic heterocycles. The third-order valence-electron chi connectivity index (χ3n) is 4.56. The molecule has 0 radical (unpaired) electrons. The third-order valence-corrected chi connectivity index (χ3v) is 5.81. The van der Waals surface area contributed by atoms with Crippen LogP contribution in [0, 0.1) is 0 Å². The lowest BCUT2D eigenvalue weighted by Gasteiger charge is -2.05. The summed E-state index contributed by atoms with van der Waals surface area (Å²) in [7, 11) is 1.60. The van der Waals surface area contributed by atoms with E-state index in [1.807, 2.05) is 36.4 Å². The van der Waals surface area contributed by atoms with Crippen molar-refractivity contribution in [1.29, 1.82) is 0 Å². The molecule has 28 heavy (non-hydrogen) atoms. The molecule has 0 saturated heterocycles. The second-order valence-electron chi connectivity index (χ2n) is 6.50. The summed E-state index contributed by atoms with van der Waals surface area (Å²) in [5, 5.41) is 1.00. The predicted octanol–water partition coefficient (Wildman–Crippen LogP) is 6.41. The van der Waals surface area contributed by atoms with Gasteiger partial charge in [0.15, 0.2) is 0 Å². The van der Waals surface area contributed by atoms with Crippen LogP contribution in [0.3, 0.4) is 0 Å². The first-order valence-electron chi connectivity index (χ1n) is 8.86. The minimum absolute atomic E-state index is 0.139. The Kier molecular flexibility index (Phi) is 5.20. The van der Waals surface area contributed by atoms with Gasteiger partial charge < -0.3 is 13.9 Å². The molecule has 0 aliphatic carbocycles. The highest BCUT2D eigenvalue weighted by Crippen LogP contribution is 2.41. The van der Waals surface area contributed by atoms with Crippen LogP contribution in [0.25, 0.3) is 32.5 Å². The van der Waals surface area contributed by atoms with Crippen molar-refractivity contribution >= 4 is 39.7 Å². The first-order chi connectivity index (χ1) is 13.5. The van der Waals surface area contributed by atoms with Gasteiger partial charge in [0, 0.05) is 40.9 Å². The Morgan fingerprint density at radius 1 is 1.18 bits per heavy atom. The van der Waals surface area contributed by atoms with Crippen LogP contribution in [-0.4, -0.2) is 17.9 Å². The predicted molar refractivity (Wildman–Crippen MR) is 113 cm³/mol. The molecule has 0 spiro atoms. The molecule has 0 aliphatic heterocycles. The van der Waals surface area contributed by atoms with Gasteiger partial charge in [0.1, 0.15) is 17.1 Å². The topological polar surface area (TPSA) is 52.3 Å². The molecular weight excluding hydrogens is 394 g/mol. The number of aromatic nitrogens is 1. The molecule has 4 aromatic rings. The summed E-state index contributed by atoms with van der Waals surface area (Å²) in [6.45, 7) is 1.60. The fourth-order valence-electron chi connectivity index (χ4n) is 3.21. The number of hydrogen-bond acceptors (Lipinski definition) is 5. The van der Waals surface area contributed by atoms with E-state index >= 15 is 0 Å². The van der Waals surface area contributed by atoms with Gasteiger partial charge in [0.25, 0.3) is 0 Å². The smallest absolute Gasteiger partial charge is 0.213 e. The van der Waals surface area contributed by atoms with E-state index in [-0.39, 0.29) is 5.78 Å². The lowest BCUT2D eigenvalue weighted by molar-refractivity contribution is -0.117. The van der Waals surface area contributed by atoms with Crippen LogP contribution in [-0.2, 0) is 11.2 Å².